The van der Waals surface area contributed by atoms with Gasteiger partial charge >= 0.3 is 0 Å². The Balaban J connectivity index is 4.40. The zero-order valence-electron chi connectivity index (χ0n) is 13.5. The molecule has 0 saturated heterocycles. The smallest absolute Gasteiger partial charge is 0.158 e. The monoisotopic (exact) mass is 292 g/mol. The van der Waals surface area contributed by atoms with Gasteiger partial charge in [0.2, 0.25) is 0 Å². The first-order valence-corrected chi connectivity index (χ1v) is 7.38. The van der Waals surface area contributed by atoms with E-state index in [2.05, 4.69) is 4.90 Å². The number of nitrogens with two attached hydrogens (primary N) is 1. The highest BCUT2D eigenvalue weighted by molar-refractivity contribution is 4.74. The van der Waals surface area contributed by atoms with Crippen LogP contribution >= 0.6 is 0 Å². The van der Waals surface area contributed by atoms with Gasteiger partial charge in [0, 0.05) is 59.5 Å². The van der Waals surface area contributed by atoms with Crippen LogP contribution in [0.3, 0.4) is 0 Å². The van der Waals surface area contributed by atoms with Crippen LogP contribution in [0, 0.1) is 0 Å². The third kappa shape index (κ3) is 8.84. The van der Waals surface area contributed by atoms with Crippen LogP contribution in [0.4, 0.5) is 0 Å². The third-order valence-electron chi connectivity index (χ3n) is 3.23. The molecule has 122 valence electrons. The fourth-order valence-corrected chi connectivity index (χ4v) is 2.03. The highest BCUT2D eigenvalue weighted by Gasteiger charge is 2.21. The summed E-state index contributed by atoms with van der Waals surface area (Å²) in [5.41, 5.74) is 5.91. The SMILES string of the molecule is CCOCCN(CCOCC)C(CN)CC(OC)OC. The number of rotatable bonds is 14. The molecule has 6 heteroatoms. The molecule has 6 nitrogen and oxygen atoms in total. The van der Waals surface area contributed by atoms with Gasteiger partial charge in [0.1, 0.15) is 0 Å². The molecule has 0 aliphatic rings. The summed E-state index contributed by atoms with van der Waals surface area (Å²) < 4.78 is 21.4. The Labute approximate surface area is 123 Å². The van der Waals surface area contributed by atoms with E-state index in [1.165, 1.54) is 0 Å². The van der Waals surface area contributed by atoms with Gasteiger partial charge in [0.05, 0.1) is 13.2 Å². The molecule has 0 aliphatic carbocycles. The average Bonchev–Trinajstić information content (AvgIpc) is 2.48. The summed E-state index contributed by atoms with van der Waals surface area (Å²) in [5, 5.41) is 0. The van der Waals surface area contributed by atoms with Crippen molar-refractivity contribution in [3.63, 3.8) is 0 Å². The predicted molar refractivity (Wildman–Crippen MR) is 79.8 cm³/mol. The Hall–Kier alpha value is -0.240. The molecule has 0 bridgehead atoms. The molecule has 0 aromatic carbocycles. The number of hydrogen-bond acceptors (Lipinski definition) is 6. The van der Waals surface area contributed by atoms with Gasteiger partial charge in [-0.1, -0.05) is 0 Å². The first-order chi connectivity index (χ1) is 9.73. The Bertz CT molecular complexity index is 194. The maximum absolute atomic E-state index is 5.91. The van der Waals surface area contributed by atoms with Crippen LogP contribution in [0.5, 0.6) is 0 Å². The van der Waals surface area contributed by atoms with Crippen LogP contribution in [-0.2, 0) is 18.9 Å². The van der Waals surface area contributed by atoms with E-state index in [-0.39, 0.29) is 12.3 Å². The Morgan fingerprint density at radius 1 is 0.950 bits per heavy atom. The number of methoxy groups -OCH3 is 2. The van der Waals surface area contributed by atoms with Gasteiger partial charge in [-0.15, -0.1) is 0 Å². The molecule has 1 atom stereocenters. The van der Waals surface area contributed by atoms with Gasteiger partial charge in [-0.05, 0) is 13.8 Å². The molecule has 0 fully saturated rings. The minimum absolute atomic E-state index is 0.195. The fraction of sp³-hybridized carbons (Fsp3) is 1.00. The van der Waals surface area contributed by atoms with E-state index in [4.69, 9.17) is 24.7 Å². The number of nitrogens with zero attached hydrogens (tertiary/aromatic N) is 1. The lowest BCUT2D eigenvalue weighted by molar-refractivity contribution is -0.117. The van der Waals surface area contributed by atoms with Crippen molar-refractivity contribution in [3.8, 4) is 0 Å². The quantitative estimate of drug-likeness (QED) is 0.375. The molecule has 0 aliphatic heterocycles. The molecule has 0 spiro atoms. The van der Waals surface area contributed by atoms with E-state index in [1.54, 1.807) is 14.2 Å². The van der Waals surface area contributed by atoms with E-state index in [0.717, 1.165) is 32.7 Å². The summed E-state index contributed by atoms with van der Waals surface area (Å²) in [5.74, 6) is 0. The Morgan fingerprint density at radius 3 is 1.80 bits per heavy atom. The molecule has 0 radical (unpaired) electrons. The molecule has 0 saturated carbocycles. The minimum Gasteiger partial charge on any atom is -0.380 e. The van der Waals surface area contributed by atoms with Crippen LogP contribution < -0.4 is 5.73 Å². The highest BCUT2D eigenvalue weighted by atomic mass is 16.7. The molecular weight excluding hydrogens is 260 g/mol. The second-order valence-electron chi connectivity index (χ2n) is 4.46. The van der Waals surface area contributed by atoms with Crippen LogP contribution in [-0.4, -0.2) is 77.5 Å². The minimum atomic E-state index is -0.231. The van der Waals surface area contributed by atoms with Crippen molar-refractivity contribution in [2.45, 2.75) is 32.6 Å². The maximum atomic E-state index is 5.91. The average molecular weight is 292 g/mol. The Morgan fingerprint density at radius 2 is 1.45 bits per heavy atom. The summed E-state index contributed by atoms with van der Waals surface area (Å²) in [7, 11) is 3.29. The Kier molecular flexibility index (Phi) is 13.6. The van der Waals surface area contributed by atoms with Gasteiger partial charge in [-0.3, -0.25) is 4.90 Å². The van der Waals surface area contributed by atoms with Gasteiger partial charge < -0.3 is 24.7 Å². The first-order valence-electron chi connectivity index (χ1n) is 7.38. The van der Waals surface area contributed by atoms with Crippen molar-refractivity contribution in [1.82, 2.24) is 4.90 Å². The van der Waals surface area contributed by atoms with Gasteiger partial charge in [0.15, 0.2) is 6.29 Å². The molecule has 0 amide bonds. The van der Waals surface area contributed by atoms with Gasteiger partial charge in [0.25, 0.3) is 0 Å². The molecular formula is C14H32N2O4. The number of hydrogen-bond donors (Lipinski definition) is 1. The van der Waals surface area contributed by atoms with E-state index in [0.29, 0.717) is 19.8 Å². The van der Waals surface area contributed by atoms with Gasteiger partial charge in [-0.2, -0.15) is 0 Å². The highest BCUT2D eigenvalue weighted by Crippen LogP contribution is 2.09. The summed E-state index contributed by atoms with van der Waals surface area (Å²) >= 11 is 0. The van der Waals surface area contributed by atoms with E-state index < -0.39 is 0 Å². The lowest BCUT2D eigenvalue weighted by Gasteiger charge is -2.32. The van der Waals surface area contributed by atoms with Crippen molar-refractivity contribution >= 4 is 0 Å². The summed E-state index contributed by atoms with van der Waals surface area (Å²) in [6.45, 7) is 9.07. The van der Waals surface area contributed by atoms with Crippen molar-refractivity contribution in [2.24, 2.45) is 5.73 Å². The van der Waals surface area contributed by atoms with Crippen LogP contribution in [0.15, 0.2) is 0 Å². The molecule has 0 aromatic heterocycles. The fourth-order valence-electron chi connectivity index (χ4n) is 2.03. The molecule has 0 rings (SSSR count). The number of ether oxygens (including phenoxy) is 4. The van der Waals surface area contributed by atoms with E-state index >= 15 is 0 Å². The topological polar surface area (TPSA) is 66.2 Å². The van der Waals surface area contributed by atoms with Crippen LogP contribution in [0.1, 0.15) is 20.3 Å². The zero-order chi connectivity index (χ0) is 15.2. The second-order valence-corrected chi connectivity index (χ2v) is 4.46. The first kappa shape index (κ1) is 19.8. The standard InChI is InChI=1S/C14H32N2O4/c1-5-19-9-7-16(8-10-20-6-2)13(12-15)11-14(17-3)18-4/h13-14H,5-12,15H2,1-4H3. The van der Waals surface area contributed by atoms with Crippen molar-refractivity contribution in [2.75, 3.05) is 60.3 Å². The molecule has 20 heavy (non-hydrogen) atoms. The zero-order valence-corrected chi connectivity index (χ0v) is 13.5. The normalized spacial score (nSPS) is 13.3. The third-order valence-corrected chi connectivity index (χ3v) is 3.23. The van der Waals surface area contributed by atoms with Crippen LogP contribution in [0.25, 0.3) is 0 Å². The van der Waals surface area contributed by atoms with Gasteiger partial charge in [-0.25, -0.2) is 0 Å². The second kappa shape index (κ2) is 13.7. The lowest BCUT2D eigenvalue weighted by Crippen LogP contribution is -2.46. The van der Waals surface area contributed by atoms with E-state index in [1.807, 2.05) is 13.8 Å². The van der Waals surface area contributed by atoms with E-state index in [9.17, 15) is 0 Å². The molecule has 0 heterocycles. The van der Waals surface area contributed by atoms with Crippen LogP contribution in [0.2, 0.25) is 0 Å². The summed E-state index contributed by atoms with van der Waals surface area (Å²) in [4.78, 5) is 2.29. The molecule has 0 aromatic rings. The van der Waals surface area contributed by atoms with Crippen molar-refractivity contribution < 1.29 is 18.9 Å². The van der Waals surface area contributed by atoms with Crippen molar-refractivity contribution in [1.29, 1.82) is 0 Å². The van der Waals surface area contributed by atoms with Crippen molar-refractivity contribution in [3.05, 3.63) is 0 Å². The molecule has 1 unspecified atom stereocenters. The predicted octanol–water partition coefficient (Wildman–Crippen LogP) is 0.698. The summed E-state index contributed by atoms with van der Waals surface area (Å²) in [6.07, 6.45) is 0.507. The maximum Gasteiger partial charge on any atom is 0.158 e. The summed E-state index contributed by atoms with van der Waals surface area (Å²) in [6, 6.07) is 0.195. The lowest BCUT2D eigenvalue weighted by atomic mass is 10.1. The largest absolute Gasteiger partial charge is 0.380 e. The molecule has 2 N–H and O–H groups in total.